The van der Waals surface area contributed by atoms with E-state index in [1.54, 1.807) is 0 Å². The number of hydrogen-bond acceptors (Lipinski definition) is 2. The highest BCUT2D eigenvalue weighted by Crippen LogP contribution is 2.38. The molecule has 96 valence electrons. The molecule has 0 spiro atoms. The summed E-state index contributed by atoms with van der Waals surface area (Å²) in [4.78, 5) is 0.256. The molecule has 0 aliphatic carbocycles. The third kappa shape index (κ3) is 4.15. The van der Waals surface area contributed by atoms with E-state index in [1.807, 2.05) is 13.8 Å². The summed E-state index contributed by atoms with van der Waals surface area (Å²) in [6.45, 7) is 4.05. The SMILES string of the molecule is CCC(C)CSc1ccc(N)cc1C(F)(F)F. The number of nitrogens with two attached hydrogens (primary N) is 1. The lowest BCUT2D eigenvalue weighted by Gasteiger charge is -2.14. The number of alkyl halides is 3. The highest BCUT2D eigenvalue weighted by atomic mass is 32.2. The minimum atomic E-state index is -4.34. The molecule has 1 aromatic carbocycles. The maximum atomic E-state index is 12.8. The van der Waals surface area contributed by atoms with Gasteiger partial charge in [0.25, 0.3) is 0 Å². The summed E-state index contributed by atoms with van der Waals surface area (Å²) in [6.07, 6.45) is -3.38. The number of thioether (sulfide) groups is 1. The van der Waals surface area contributed by atoms with Crippen molar-refractivity contribution in [2.75, 3.05) is 11.5 Å². The predicted octanol–water partition coefficient (Wildman–Crippen LogP) is 4.43. The van der Waals surface area contributed by atoms with E-state index in [4.69, 9.17) is 5.73 Å². The second kappa shape index (κ2) is 5.67. The van der Waals surface area contributed by atoms with Crippen LogP contribution < -0.4 is 5.73 Å². The second-order valence-corrected chi connectivity index (χ2v) is 5.14. The molecular weight excluding hydrogens is 247 g/mol. The molecule has 1 atom stereocenters. The Morgan fingerprint density at radius 3 is 2.53 bits per heavy atom. The summed E-state index contributed by atoms with van der Waals surface area (Å²) in [5, 5.41) is 0. The van der Waals surface area contributed by atoms with Crippen LogP contribution in [0.1, 0.15) is 25.8 Å². The monoisotopic (exact) mass is 263 g/mol. The molecule has 0 fully saturated rings. The molecule has 1 aromatic rings. The van der Waals surface area contributed by atoms with Crippen molar-refractivity contribution in [3.8, 4) is 0 Å². The van der Waals surface area contributed by atoms with Crippen LogP contribution in [-0.4, -0.2) is 5.75 Å². The van der Waals surface area contributed by atoms with Gasteiger partial charge in [0.2, 0.25) is 0 Å². The van der Waals surface area contributed by atoms with Crippen molar-refractivity contribution >= 4 is 17.4 Å². The van der Waals surface area contributed by atoms with Gasteiger partial charge in [-0.3, -0.25) is 0 Å². The topological polar surface area (TPSA) is 26.0 Å². The van der Waals surface area contributed by atoms with Crippen molar-refractivity contribution in [3.05, 3.63) is 23.8 Å². The first-order chi connectivity index (χ1) is 7.84. The number of nitrogen functional groups attached to an aromatic ring is 1. The molecule has 0 aromatic heterocycles. The summed E-state index contributed by atoms with van der Waals surface area (Å²) < 4.78 is 38.3. The lowest BCUT2D eigenvalue weighted by molar-refractivity contribution is -0.139. The summed E-state index contributed by atoms with van der Waals surface area (Å²) >= 11 is 1.24. The Morgan fingerprint density at radius 1 is 1.35 bits per heavy atom. The number of halogens is 3. The maximum Gasteiger partial charge on any atom is 0.417 e. The van der Waals surface area contributed by atoms with Crippen LogP contribution in [0.4, 0.5) is 18.9 Å². The van der Waals surface area contributed by atoms with E-state index in [2.05, 4.69) is 0 Å². The maximum absolute atomic E-state index is 12.8. The third-order valence-corrected chi connectivity index (χ3v) is 3.93. The van der Waals surface area contributed by atoms with Gasteiger partial charge < -0.3 is 5.73 Å². The minimum Gasteiger partial charge on any atom is -0.399 e. The smallest absolute Gasteiger partial charge is 0.399 e. The van der Waals surface area contributed by atoms with Gasteiger partial charge in [-0.1, -0.05) is 20.3 Å². The van der Waals surface area contributed by atoms with Crippen molar-refractivity contribution in [3.63, 3.8) is 0 Å². The van der Waals surface area contributed by atoms with Crippen LogP contribution in [0, 0.1) is 5.92 Å². The molecule has 1 rings (SSSR count). The van der Waals surface area contributed by atoms with Crippen LogP contribution in [0.5, 0.6) is 0 Å². The largest absolute Gasteiger partial charge is 0.417 e. The minimum absolute atomic E-state index is 0.144. The first kappa shape index (κ1) is 14.2. The Bertz CT molecular complexity index is 377. The quantitative estimate of drug-likeness (QED) is 0.642. The predicted molar refractivity (Wildman–Crippen MR) is 66.0 cm³/mol. The molecule has 1 unspecified atom stereocenters. The second-order valence-electron chi connectivity index (χ2n) is 4.08. The average Bonchev–Trinajstić information content (AvgIpc) is 2.25. The van der Waals surface area contributed by atoms with Crippen molar-refractivity contribution < 1.29 is 13.2 Å². The van der Waals surface area contributed by atoms with Gasteiger partial charge in [-0.05, 0) is 24.1 Å². The van der Waals surface area contributed by atoms with Gasteiger partial charge in [-0.2, -0.15) is 13.2 Å². The van der Waals surface area contributed by atoms with Crippen molar-refractivity contribution in [2.24, 2.45) is 5.92 Å². The van der Waals surface area contributed by atoms with E-state index < -0.39 is 11.7 Å². The van der Waals surface area contributed by atoms with Gasteiger partial charge in [0.15, 0.2) is 0 Å². The molecule has 1 nitrogen and oxygen atoms in total. The summed E-state index contributed by atoms with van der Waals surface area (Å²) in [5.74, 6) is 1.09. The zero-order valence-corrected chi connectivity index (χ0v) is 10.7. The van der Waals surface area contributed by atoms with Crippen LogP contribution in [-0.2, 0) is 6.18 Å². The average molecular weight is 263 g/mol. The molecule has 0 amide bonds. The number of hydrogen-bond donors (Lipinski definition) is 1. The molecule has 0 radical (unpaired) electrons. The van der Waals surface area contributed by atoms with E-state index in [-0.39, 0.29) is 10.6 Å². The molecule has 2 N–H and O–H groups in total. The molecule has 0 saturated carbocycles. The number of benzene rings is 1. The summed E-state index contributed by atoms with van der Waals surface area (Å²) in [6, 6.07) is 3.96. The Kier molecular flexibility index (Phi) is 4.74. The number of anilines is 1. The van der Waals surface area contributed by atoms with Gasteiger partial charge in [0.1, 0.15) is 0 Å². The highest BCUT2D eigenvalue weighted by Gasteiger charge is 2.33. The fourth-order valence-electron chi connectivity index (χ4n) is 1.24. The van der Waals surface area contributed by atoms with E-state index in [0.717, 1.165) is 12.5 Å². The van der Waals surface area contributed by atoms with Crippen molar-refractivity contribution in [1.29, 1.82) is 0 Å². The lowest BCUT2D eigenvalue weighted by atomic mass is 10.2. The molecular formula is C12H16F3NS. The zero-order chi connectivity index (χ0) is 13.1. The first-order valence-corrected chi connectivity index (χ1v) is 6.42. The zero-order valence-electron chi connectivity index (χ0n) is 9.84. The summed E-state index contributed by atoms with van der Waals surface area (Å²) in [7, 11) is 0. The Labute approximate surface area is 104 Å². The van der Waals surface area contributed by atoms with Crippen LogP contribution in [0.2, 0.25) is 0 Å². The van der Waals surface area contributed by atoms with Crippen molar-refractivity contribution in [2.45, 2.75) is 31.3 Å². The van der Waals surface area contributed by atoms with E-state index in [0.29, 0.717) is 11.7 Å². The fourth-order valence-corrected chi connectivity index (χ4v) is 2.44. The third-order valence-electron chi connectivity index (χ3n) is 2.53. The van der Waals surface area contributed by atoms with E-state index >= 15 is 0 Å². The highest BCUT2D eigenvalue weighted by molar-refractivity contribution is 7.99. The molecule has 0 bridgehead atoms. The summed E-state index contributed by atoms with van der Waals surface area (Å²) in [5.41, 5.74) is 4.91. The van der Waals surface area contributed by atoms with Gasteiger partial charge in [0.05, 0.1) is 5.56 Å². The van der Waals surface area contributed by atoms with Gasteiger partial charge in [-0.15, -0.1) is 11.8 Å². The lowest BCUT2D eigenvalue weighted by Crippen LogP contribution is -2.08. The Hall–Kier alpha value is -0.840. The molecule has 0 saturated heterocycles. The van der Waals surface area contributed by atoms with Crippen LogP contribution in [0.25, 0.3) is 0 Å². The molecule has 0 aliphatic heterocycles. The Balaban J connectivity index is 2.91. The van der Waals surface area contributed by atoms with Gasteiger partial charge >= 0.3 is 6.18 Å². The van der Waals surface area contributed by atoms with Crippen LogP contribution in [0.15, 0.2) is 23.1 Å². The van der Waals surface area contributed by atoms with Crippen LogP contribution >= 0.6 is 11.8 Å². The normalized spacial score (nSPS) is 13.7. The molecule has 5 heteroatoms. The Morgan fingerprint density at radius 2 is 2.00 bits per heavy atom. The molecule has 0 heterocycles. The van der Waals surface area contributed by atoms with Crippen molar-refractivity contribution in [1.82, 2.24) is 0 Å². The fraction of sp³-hybridized carbons (Fsp3) is 0.500. The van der Waals surface area contributed by atoms with Crippen LogP contribution in [0.3, 0.4) is 0 Å². The van der Waals surface area contributed by atoms with Gasteiger partial charge in [0, 0.05) is 16.3 Å². The van der Waals surface area contributed by atoms with E-state index in [1.165, 1.54) is 23.9 Å². The number of rotatable bonds is 4. The first-order valence-electron chi connectivity index (χ1n) is 5.44. The molecule has 17 heavy (non-hydrogen) atoms. The van der Waals surface area contributed by atoms with E-state index in [9.17, 15) is 13.2 Å². The standard InChI is InChI=1S/C12H16F3NS/c1-3-8(2)7-17-11-5-4-9(16)6-10(11)12(13,14)15/h4-6,8H,3,7,16H2,1-2H3. The molecule has 0 aliphatic rings. The van der Waals surface area contributed by atoms with Gasteiger partial charge in [-0.25, -0.2) is 0 Å².